The molecule has 0 spiro atoms. The number of aliphatic carboxylic acids is 1. The summed E-state index contributed by atoms with van der Waals surface area (Å²) in [6, 6.07) is 5.14. The number of carboxylic acid groups (broad SMARTS) is 1. The zero-order valence-corrected chi connectivity index (χ0v) is 15.8. The summed E-state index contributed by atoms with van der Waals surface area (Å²) in [5.74, 6) is -1.75. The highest BCUT2D eigenvalue weighted by atomic mass is 16.6. The second-order valence-corrected chi connectivity index (χ2v) is 7.71. The van der Waals surface area contributed by atoms with E-state index in [-0.39, 0.29) is 31.2 Å². The number of nitro benzene ring substituents is 1. The monoisotopic (exact) mass is 378 g/mol. The molecule has 0 saturated carbocycles. The molecular weight excluding hydrogens is 354 g/mol. The summed E-state index contributed by atoms with van der Waals surface area (Å²) in [5.41, 5.74) is -1.05. The van der Waals surface area contributed by atoms with Crippen LogP contribution in [0.2, 0.25) is 0 Å². The SMILES string of the molecule is CC(C)C[N+]1(C(C)(C)C(=O)O)C(=O)CN(Cc2ccc([N+](=O)[O-])cc2)C1=O. The predicted molar refractivity (Wildman–Crippen MR) is 95.6 cm³/mol. The molecule has 1 aliphatic rings. The maximum Gasteiger partial charge on any atom is 0.428 e. The van der Waals surface area contributed by atoms with Crippen molar-refractivity contribution in [3.8, 4) is 0 Å². The van der Waals surface area contributed by atoms with Gasteiger partial charge in [0.15, 0.2) is 0 Å². The number of amides is 3. The minimum atomic E-state index is -1.61. The molecule has 1 aliphatic heterocycles. The van der Waals surface area contributed by atoms with Gasteiger partial charge >= 0.3 is 17.9 Å². The third kappa shape index (κ3) is 3.42. The second kappa shape index (κ2) is 7.07. The first-order valence-corrected chi connectivity index (χ1v) is 8.61. The highest BCUT2D eigenvalue weighted by Gasteiger charge is 2.66. The van der Waals surface area contributed by atoms with Crippen LogP contribution in [0.15, 0.2) is 24.3 Å². The van der Waals surface area contributed by atoms with Gasteiger partial charge in [-0.05, 0) is 5.56 Å². The molecule has 1 aromatic rings. The van der Waals surface area contributed by atoms with Crippen LogP contribution in [0, 0.1) is 16.0 Å². The van der Waals surface area contributed by atoms with Crippen LogP contribution >= 0.6 is 0 Å². The van der Waals surface area contributed by atoms with E-state index in [1.807, 2.05) is 13.8 Å². The number of imide groups is 1. The summed E-state index contributed by atoms with van der Waals surface area (Å²) in [4.78, 5) is 49.5. The Morgan fingerprint density at radius 2 is 1.85 bits per heavy atom. The number of nitro groups is 1. The van der Waals surface area contributed by atoms with E-state index in [9.17, 15) is 29.6 Å². The van der Waals surface area contributed by atoms with Crippen LogP contribution in [0.5, 0.6) is 0 Å². The Morgan fingerprint density at radius 3 is 2.30 bits per heavy atom. The van der Waals surface area contributed by atoms with Gasteiger partial charge in [-0.25, -0.2) is 14.4 Å². The standard InChI is InChI=1S/C18H23N3O6/c1-12(2)11-21(18(3,4)16(23)24)15(22)10-19(17(21)25)9-13-5-7-14(8-6-13)20(26)27/h5-8,12H,9-11H2,1-4H3/p+1. The fourth-order valence-electron chi connectivity index (χ4n) is 3.44. The van der Waals surface area contributed by atoms with Crippen molar-refractivity contribution < 1.29 is 28.9 Å². The molecule has 9 nitrogen and oxygen atoms in total. The quantitative estimate of drug-likeness (QED) is 0.337. The first-order chi connectivity index (χ1) is 12.4. The normalized spacial score (nSPS) is 20.4. The Balaban J connectivity index is 2.37. The Bertz CT molecular complexity index is 787. The largest absolute Gasteiger partial charge is 0.477 e. The molecule has 0 bridgehead atoms. The molecular formula is C18H24N3O6+. The van der Waals surface area contributed by atoms with E-state index in [1.165, 1.54) is 43.0 Å². The van der Waals surface area contributed by atoms with Crippen LogP contribution in [0.25, 0.3) is 0 Å². The molecule has 2 rings (SSSR count). The molecule has 146 valence electrons. The van der Waals surface area contributed by atoms with Gasteiger partial charge in [0.2, 0.25) is 5.54 Å². The van der Waals surface area contributed by atoms with Crippen LogP contribution in [0.4, 0.5) is 10.5 Å². The van der Waals surface area contributed by atoms with Gasteiger partial charge in [0.05, 0.1) is 18.0 Å². The van der Waals surface area contributed by atoms with E-state index < -0.39 is 32.9 Å². The van der Waals surface area contributed by atoms with Gasteiger partial charge in [-0.1, -0.05) is 26.0 Å². The van der Waals surface area contributed by atoms with Crippen molar-refractivity contribution in [2.24, 2.45) is 5.92 Å². The van der Waals surface area contributed by atoms with Crippen LogP contribution in [-0.4, -0.2) is 55.9 Å². The van der Waals surface area contributed by atoms with Crippen molar-refractivity contribution >= 4 is 23.6 Å². The van der Waals surface area contributed by atoms with Crippen molar-refractivity contribution in [2.45, 2.75) is 39.8 Å². The van der Waals surface area contributed by atoms with Gasteiger partial charge in [0.25, 0.3) is 5.69 Å². The molecule has 1 saturated heterocycles. The molecule has 0 aromatic heterocycles. The molecule has 0 radical (unpaired) electrons. The lowest BCUT2D eigenvalue weighted by atomic mass is 9.96. The van der Waals surface area contributed by atoms with E-state index >= 15 is 0 Å². The molecule has 3 amide bonds. The smallest absolute Gasteiger partial charge is 0.428 e. The number of hydrogen-bond acceptors (Lipinski definition) is 5. The molecule has 1 heterocycles. The number of rotatable bonds is 7. The molecule has 9 heteroatoms. The fraction of sp³-hybridized carbons (Fsp3) is 0.500. The molecule has 1 unspecified atom stereocenters. The minimum Gasteiger partial charge on any atom is -0.477 e. The van der Waals surface area contributed by atoms with Crippen LogP contribution < -0.4 is 0 Å². The Kier molecular flexibility index (Phi) is 5.37. The number of nitrogens with zero attached hydrogens (tertiary/aromatic N) is 3. The first kappa shape index (κ1) is 20.5. The zero-order chi connectivity index (χ0) is 20.6. The number of quaternary nitrogens is 1. The number of carbonyl (C=O) groups is 3. The van der Waals surface area contributed by atoms with Gasteiger partial charge in [0.1, 0.15) is 6.54 Å². The van der Waals surface area contributed by atoms with E-state index in [1.54, 1.807) is 0 Å². The summed E-state index contributed by atoms with van der Waals surface area (Å²) in [6.45, 7) is 6.42. The first-order valence-electron chi connectivity index (χ1n) is 8.61. The van der Waals surface area contributed by atoms with Gasteiger partial charge in [-0.15, -0.1) is 0 Å². The number of carbonyl (C=O) groups excluding carboxylic acids is 2. The lowest BCUT2D eigenvalue weighted by Crippen LogP contribution is -2.69. The third-order valence-electron chi connectivity index (χ3n) is 4.99. The number of urea groups is 1. The van der Waals surface area contributed by atoms with Gasteiger partial charge < -0.3 is 5.11 Å². The number of non-ortho nitro benzene ring substituents is 1. The minimum absolute atomic E-state index is 0.0699. The van der Waals surface area contributed by atoms with Crippen LogP contribution in [-0.2, 0) is 16.1 Å². The van der Waals surface area contributed by atoms with Crippen molar-refractivity contribution in [3.05, 3.63) is 39.9 Å². The summed E-state index contributed by atoms with van der Waals surface area (Å²) in [5, 5.41) is 20.4. The Hall–Kier alpha value is -2.81. The van der Waals surface area contributed by atoms with E-state index in [2.05, 4.69) is 0 Å². The van der Waals surface area contributed by atoms with E-state index in [0.29, 0.717) is 5.56 Å². The molecule has 1 N–H and O–H groups in total. The number of benzene rings is 1. The van der Waals surface area contributed by atoms with Gasteiger partial charge in [0, 0.05) is 31.9 Å². The summed E-state index contributed by atoms with van der Waals surface area (Å²) in [7, 11) is 0. The van der Waals surface area contributed by atoms with Crippen LogP contribution in [0.1, 0.15) is 33.3 Å². The highest BCUT2D eigenvalue weighted by Crippen LogP contribution is 2.35. The average molecular weight is 378 g/mol. The van der Waals surface area contributed by atoms with Gasteiger partial charge in [-0.3, -0.25) is 15.0 Å². The molecule has 0 aliphatic carbocycles. The van der Waals surface area contributed by atoms with Crippen molar-refractivity contribution in [2.75, 3.05) is 13.1 Å². The number of hydrogen-bond donors (Lipinski definition) is 1. The van der Waals surface area contributed by atoms with Crippen LogP contribution in [0.3, 0.4) is 0 Å². The summed E-state index contributed by atoms with van der Waals surface area (Å²) in [6.07, 6.45) is 0. The highest BCUT2D eigenvalue weighted by molar-refractivity contribution is 5.96. The Morgan fingerprint density at radius 1 is 1.30 bits per heavy atom. The second-order valence-electron chi connectivity index (χ2n) is 7.71. The predicted octanol–water partition coefficient (Wildman–Crippen LogP) is 2.39. The summed E-state index contributed by atoms with van der Waals surface area (Å²) >= 11 is 0. The maximum atomic E-state index is 13.2. The van der Waals surface area contributed by atoms with E-state index in [4.69, 9.17) is 0 Å². The molecule has 1 aromatic carbocycles. The summed E-state index contributed by atoms with van der Waals surface area (Å²) < 4.78 is -0.771. The topological polar surface area (TPSA) is 118 Å². The molecule has 1 fully saturated rings. The maximum absolute atomic E-state index is 13.2. The zero-order valence-electron chi connectivity index (χ0n) is 15.8. The van der Waals surface area contributed by atoms with Crippen molar-refractivity contribution in [3.63, 3.8) is 0 Å². The molecule has 1 atom stereocenters. The lowest BCUT2D eigenvalue weighted by molar-refractivity contribution is -0.815. The third-order valence-corrected chi connectivity index (χ3v) is 4.99. The van der Waals surface area contributed by atoms with Crippen molar-refractivity contribution in [1.29, 1.82) is 0 Å². The molecule has 27 heavy (non-hydrogen) atoms. The van der Waals surface area contributed by atoms with Gasteiger partial charge in [-0.2, -0.15) is 4.48 Å². The average Bonchev–Trinajstić information content (AvgIpc) is 2.80. The lowest BCUT2D eigenvalue weighted by Gasteiger charge is -2.40. The van der Waals surface area contributed by atoms with E-state index in [0.717, 1.165) is 0 Å². The van der Waals surface area contributed by atoms with Crippen molar-refractivity contribution in [1.82, 2.24) is 4.90 Å². The fourth-order valence-corrected chi connectivity index (χ4v) is 3.44. The number of carboxylic acids is 1. The Labute approximate surface area is 156 Å².